The number of hydrogen-bond acceptors (Lipinski definition) is 3. The Labute approximate surface area is 64.4 Å². The Morgan fingerprint density at radius 1 is 1.82 bits per heavy atom. The average Bonchev–Trinajstić information content (AvgIpc) is 2.27. The molecule has 1 aromatic heterocycles. The highest BCUT2D eigenvalue weighted by Crippen LogP contribution is 2.16. The van der Waals surface area contributed by atoms with Gasteiger partial charge in [-0.2, -0.15) is 0 Å². The summed E-state index contributed by atoms with van der Waals surface area (Å²) in [4.78, 5) is 4.12. The van der Waals surface area contributed by atoms with E-state index >= 15 is 0 Å². The van der Waals surface area contributed by atoms with E-state index in [1.54, 1.807) is 0 Å². The molecule has 2 rings (SSSR count). The number of fused-ring (bicyclic) bond motifs is 1. The first-order valence-electron chi connectivity index (χ1n) is 3.60. The molecule has 0 bridgehead atoms. The summed E-state index contributed by atoms with van der Waals surface area (Å²) < 4.78 is 6.98. The maximum absolute atomic E-state index is 9.19. The fourth-order valence-electron chi connectivity index (χ4n) is 1.22. The highest BCUT2D eigenvalue weighted by molar-refractivity contribution is 5.08. The molecule has 0 saturated carbocycles. The molecule has 1 aliphatic heterocycles. The predicted molar refractivity (Wildman–Crippen MR) is 38.5 cm³/mol. The summed E-state index contributed by atoms with van der Waals surface area (Å²) in [5.74, 6) is 0. The minimum absolute atomic E-state index is 0.358. The number of aryl methyl sites for hydroxylation is 1. The van der Waals surface area contributed by atoms with Crippen LogP contribution in [0, 0.1) is 6.92 Å². The second kappa shape index (κ2) is 2.23. The Bertz CT molecular complexity index is 269. The van der Waals surface area contributed by atoms with Gasteiger partial charge in [0.1, 0.15) is 12.7 Å². The lowest BCUT2D eigenvalue weighted by Gasteiger charge is -2.19. The summed E-state index contributed by atoms with van der Waals surface area (Å²) in [5.41, 5.74) is 0.925. The number of imidazole rings is 1. The molecule has 1 aromatic rings. The third-order valence-corrected chi connectivity index (χ3v) is 1.67. The van der Waals surface area contributed by atoms with Gasteiger partial charge < -0.3 is 9.84 Å². The summed E-state index contributed by atoms with van der Waals surface area (Å²) >= 11 is 0. The lowest BCUT2D eigenvalue weighted by Crippen LogP contribution is -2.29. The van der Waals surface area contributed by atoms with Gasteiger partial charge in [0.15, 0.2) is 0 Å². The minimum atomic E-state index is -0.393. The molecule has 0 fully saturated rings. The molecule has 1 aliphatic rings. The molecule has 0 unspecified atom stereocenters. The number of nitrogens with zero attached hydrogens (tertiary/aromatic N) is 2. The Balaban J connectivity index is 2.34. The molecular formula is C7H10N2O2. The van der Waals surface area contributed by atoms with Crippen molar-refractivity contribution in [1.82, 2.24) is 9.55 Å². The van der Waals surface area contributed by atoms with Crippen LogP contribution in [0.4, 0.5) is 0 Å². The zero-order valence-electron chi connectivity index (χ0n) is 6.32. The van der Waals surface area contributed by atoms with Gasteiger partial charge in [-0.25, -0.2) is 4.98 Å². The molecule has 0 aliphatic carbocycles. The molecule has 0 amide bonds. The summed E-state index contributed by atoms with van der Waals surface area (Å²) in [6, 6.07) is 0.618. The quantitative estimate of drug-likeness (QED) is 0.569. The van der Waals surface area contributed by atoms with Crippen molar-refractivity contribution in [2.24, 2.45) is 0 Å². The maximum atomic E-state index is 9.19. The Morgan fingerprint density at radius 3 is 3.45 bits per heavy atom. The van der Waals surface area contributed by atoms with Gasteiger partial charge in [-0.1, -0.05) is 0 Å². The lowest BCUT2D eigenvalue weighted by molar-refractivity contribution is 0.0580. The van der Waals surface area contributed by atoms with Crippen LogP contribution in [-0.4, -0.2) is 27.4 Å². The van der Waals surface area contributed by atoms with Gasteiger partial charge in [0.25, 0.3) is 6.01 Å². The number of aromatic nitrogens is 2. The van der Waals surface area contributed by atoms with E-state index in [1.165, 1.54) is 0 Å². The smallest absolute Gasteiger partial charge is 0.296 e. The average molecular weight is 154 g/mol. The van der Waals surface area contributed by atoms with Crippen LogP contribution < -0.4 is 4.74 Å². The zero-order valence-corrected chi connectivity index (χ0v) is 6.32. The second-order valence-electron chi connectivity index (χ2n) is 2.78. The minimum Gasteiger partial charge on any atom is -0.462 e. The molecule has 0 aromatic carbocycles. The first-order valence-corrected chi connectivity index (χ1v) is 3.60. The molecule has 4 nitrogen and oxygen atoms in total. The van der Waals surface area contributed by atoms with Crippen molar-refractivity contribution < 1.29 is 9.84 Å². The van der Waals surface area contributed by atoms with E-state index in [4.69, 9.17) is 4.74 Å². The van der Waals surface area contributed by atoms with Crippen molar-refractivity contribution in [2.75, 3.05) is 6.61 Å². The predicted octanol–water partition coefficient (Wildman–Crippen LogP) is -0.0552. The van der Waals surface area contributed by atoms with E-state index in [-0.39, 0.29) is 0 Å². The van der Waals surface area contributed by atoms with Crippen LogP contribution in [0.5, 0.6) is 6.01 Å². The van der Waals surface area contributed by atoms with Gasteiger partial charge in [-0.3, -0.25) is 4.57 Å². The van der Waals surface area contributed by atoms with E-state index in [0.29, 0.717) is 19.2 Å². The first-order chi connectivity index (χ1) is 5.25. The zero-order chi connectivity index (χ0) is 7.84. The van der Waals surface area contributed by atoms with Crippen LogP contribution in [0.1, 0.15) is 5.69 Å². The van der Waals surface area contributed by atoms with Crippen LogP contribution >= 0.6 is 0 Å². The maximum Gasteiger partial charge on any atom is 0.296 e. The largest absolute Gasteiger partial charge is 0.462 e. The number of aliphatic hydroxyl groups excluding tert-OH is 1. The summed E-state index contributed by atoms with van der Waals surface area (Å²) in [6.07, 6.45) is 1.48. The standard InChI is InChI=1S/C7H10N2O2/c1-5-2-9-3-6(10)4-11-7(9)8-5/h2,6,10H,3-4H2,1H3/t6-/m1/s1. The van der Waals surface area contributed by atoms with Gasteiger partial charge >= 0.3 is 0 Å². The molecule has 11 heavy (non-hydrogen) atoms. The highest BCUT2D eigenvalue weighted by Gasteiger charge is 2.17. The molecule has 60 valence electrons. The summed E-state index contributed by atoms with van der Waals surface area (Å²) in [6.45, 7) is 2.85. The molecule has 1 N–H and O–H groups in total. The molecule has 0 radical (unpaired) electrons. The lowest BCUT2D eigenvalue weighted by atomic mass is 10.3. The van der Waals surface area contributed by atoms with Crippen molar-refractivity contribution in [1.29, 1.82) is 0 Å². The number of hydrogen-bond donors (Lipinski definition) is 1. The monoisotopic (exact) mass is 154 g/mol. The van der Waals surface area contributed by atoms with Crippen molar-refractivity contribution in [3.05, 3.63) is 11.9 Å². The molecule has 4 heteroatoms. The van der Waals surface area contributed by atoms with E-state index in [2.05, 4.69) is 4.98 Å². The van der Waals surface area contributed by atoms with Gasteiger partial charge in [-0.15, -0.1) is 0 Å². The summed E-state index contributed by atoms with van der Waals surface area (Å²) in [7, 11) is 0. The number of aliphatic hydroxyl groups is 1. The van der Waals surface area contributed by atoms with E-state index in [9.17, 15) is 5.11 Å². The van der Waals surface area contributed by atoms with Crippen molar-refractivity contribution in [3.8, 4) is 6.01 Å². The third-order valence-electron chi connectivity index (χ3n) is 1.67. The fourth-order valence-corrected chi connectivity index (χ4v) is 1.22. The van der Waals surface area contributed by atoms with Crippen molar-refractivity contribution in [2.45, 2.75) is 19.6 Å². The van der Waals surface area contributed by atoms with Crippen molar-refractivity contribution in [3.63, 3.8) is 0 Å². The topological polar surface area (TPSA) is 47.3 Å². The molecule has 2 heterocycles. The fraction of sp³-hybridized carbons (Fsp3) is 0.571. The van der Waals surface area contributed by atoms with Gasteiger partial charge in [-0.05, 0) is 6.92 Å². The third kappa shape index (κ3) is 1.09. The highest BCUT2D eigenvalue weighted by atomic mass is 16.5. The molecule has 1 atom stereocenters. The van der Waals surface area contributed by atoms with Gasteiger partial charge in [0, 0.05) is 6.20 Å². The Hall–Kier alpha value is -1.03. The van der Waals surface area contributed by atoms with E-state index in [1.807, 2.05) is 17.7 Å². The molecule has 0 saturated heterocycles. The normalized spacial score (nSPS) is 22.5. The van der Waals surface area contributed by atoms with Crippen molar-refractivity contribution >= 4 is 0 Å². The number of rotatable bonds is 0. The van der Waals surface area contributed by atoms with Crippen LogP contribution in [0.15, 0.2) is 6.20 Å². The summed E-state index contributed by atoms with van der Waals surface area (Å²) in [5, 5.41) is 9.19. The van der Waals surface area contributed by atoms with Gasteiger partial charge in [0.05, 0.1) is 12.2 Å². The SMILES string of the molecule is Cc1cn2c(n1)OC[C@H](O)C2. The first kappa shape index (κ1) is 6.67. The van der Waals surface area contributed by atoms with Crippen LogP contribution in [0.25, 0.3) is 0 Å². The number of ether oxygens (including phenoxy) is 1. The van der Waals surface area contributed by atoms with Crippen LogP contribution in [-0.2, 0) is 6.54 Å². The Morgan fingerprint density at radius 2 is 2.64 bits per heavy atom. The van der Waals surface area contributed by atoms with Gasteiger partial charge in [0.2, 0.25) is 0 Å². The van der Waals surface area contributed by atoms with E-state index < -0.39 is 6.10 Å². The van der Waals surface area contributed by atoms with Crippen LogP contribution in [0.3, 0.4) is 0 Å². The molecule has 0 spiro atoms. The Kier molecular flexibility index (Phi) is 1.35. The second-order valence-corrected chi connectivity index (χ2v) is 2.78. The molecular weight excluding hydrogens is 144 g/mol. The van der Waals surface area contributed by atoms with E-state index in [0.717, 1.165) is 5.69 Å². The van der Waals surface area contributed by atoms with Crippen LogP contribution in [0.2, 0.25) is 0 Å².